The number of thiazole rings is 1. The Bertz CT molecular complexity index is 1430. The number of piperidine rings is 1. The van der Waals surface area contributed by atoms with Crippen molar-refractivity contribution in [1.29, 1.82) is 0 Å². The Kier molecular flexibility index (Phi) is 7.25. The average molecular weight is 516 g/mol. The van der Waals surface area contributed by atoms with Gasteiger partial charge in [0.05, 0.1) is 22.2 Å². The van der Waals surface area contributed by atoms with Gasteiger partial charge in [0.15, 0.2) is 4.80 Å². The van der Waals surface area contributed by atoms with E-state index in [0.29, 0.717) is 29.7 Å². The fourth-order valence-corrected chi connectivity index (χ4v) is 7.29. The van der Waals surface area contributed by atoms with E-state index in [2.05, 4.69) is 18.8 Å². The Hall–Kier alpha value is -2.82. The lowest BCUT2D eigenvalue weighted by atomic mass is 9.94. The van der Waals surface area contributed by atoms with Crippen molar-refractivity contribution >= 4 is 43.5 Å². The van der Waals surface area contributed by atoms with Gasteiger partial charge >= 0.3 is 5.97 Å². The van der Waals surface area contributed by atoms with Crippen LogP contribution in [0.15, 0.2) is 52.4 Å². The molecule has 2 atom stereocenters. The van der Waals surface area contributed by atoms with Gasteiger partial charge in [0.25, 0.3) is 5.91 Å². The number of aryl methyl sites for hydroxylation is 1. The number of fused-ring (bicyclic) bond motifs is 1. The minimum atomic E-state index is -3.64. The molecule has 1 amide bonds. The Morgan fingerprint density at radius 1 is 1.09 bits per heavy atom. The van der Waals surface area contributed by atoms with E-state index in [1.807, 2.05) is 25.1 Å². The highest BCUT2D eigenvalue weighted by Gasteiger charge is 2.31. The van der Waals surface area contributed by atoms with Crippen molar-refractivity contribution in [3.63, 3.8) is 0 Å². The summed E-state index contributed by atoms with van der Waals surface area (Å²) in [6, 6.07) is 11.7. The molecule has 1 aromatic heterocycles. The van der Waals surface area contributed by atoms with Crippen LogP contribution in [0.1, 0.15) is 36.2 Å². The van der Waals surface area contributed by atoms with Crippen LogP contribution in [-0.2, 0) is 26.1 Å². The van der Waals surface area contributed by atoms with Gasteiger partial charge in [-0.3, -0.25) is 9.59 Å². The lowest BCUT2D eigenvalue weighted by Gasteiger charge is -2.34. The van der Waals surface area contributed by atoms with Gasteiger partial charge in [-0.1, -0.05) is 31.3 Å². The van der Waals surface area contributed by atoms with Crippen LogP contribution in [0.3, 0.4) is 0 Å². The quantitative estimate of drug-likeness (QED) is 0.484. The van der Waals surface area contributed by atoms with Gasteiger partial charge < -0.3 is 9.30 Å². The van der Waals surface area contributed by atoms with Gasteiger partial charge in [0, 0.05) is 18.7 Å². The molecule has 0 N–H and O–H groups in total. The second-order valence-corrected chi connectivity index (χ2v) is 12.2. The van der Waals surface area contributed by atoms with Gasteiger partial charge in [-0.15, -0.1) is 0 Å². The van der Waals surface area contributed by atoms with Gasteiger partial charge in [-0.2, -0.15) is 9.30 Å². The highest BCUT2D eigenvalue weighted by molar-refractivity contribution is 7.89. The normalized spacial score (nSPS) is 19.7. The number of carbonyl (C=O) groups is 2. The van der Waals surface area contributed by atoms with E-state index in [4.69, 9.17) is 4.74 Å². The maximum Gasteiger partial charge on any atom is 0.325 e. The van der Waals surface area contributed by atoms with Gasteiger partial charge in [-0.25, -0.2) is 8.42 Å². The first kappa shape index (κ1) is 25.3. The van der Waals surface area contributed by atoms with Crippen molar-refractivity contribution in [1.82, 2.24) is 8.87 Å². The number of methoxy groups -OCH3 is 1. The number of ether oxygens (including phenoxy) is 1. The molecule has 0 aliphatic carbocycles. The van der Waals surface area contributed by atoms with Crippen molar-refractivity contribution in [3.8, 4) is 0 Å². The lowest BCUT2D eigenvalue weighted by Crippen LogP contribution is -2.42. The molecule has 0 spiro atoms. The number of rotatable bonds is 5. The smallest absolute Gasteiger partial charge is 0.325 e. The summed E-state index contributed by atoms with van der Waals surface area (Å²) >= 11 is 1.31. The van der Waals surface area contributed by atoms with E-state index in [1.165, 1.54) is 47.0 Å². The van der Waals surface area contributed by atoms with E-state index in [-0.39, 0.29) is 17.0 Å². The first-order valence-corrected chi connectivity index (χ1v) is 13.7. The summed E-state index contributed by atoms with van der Waals surface area (Å²) in [5.74, 6) is -0.365. The van der Waals surface area contributed by atoms with E-state index >= 15 is 0 Å². The lowest BCUT2D eigenvalue weighted by molar-refractivity contribution is -0.141. The minimum Gasteiger partial charge on any atom is -0.468 e. The first-order chi connectivity index (χ1) is 16.6. The second-order valence-electron chi connectivity index (χ2n) is 9.23. The van der Waals surface area contributed by atoms with Crippen molar-refractivity contribution in [3.05, 3.63) is 58.4 Å². The molecule has 8 nitrogen and oxygen atoms in total. The Labute approximate surface area is 208 Å². The third-order valence-electron chi connectivity index (χ3n) is 6.12. The molecule has 0 radical (unpaired) electrons. The number of aromatic nitrogens is 1. The highest BCUT2D eigenvalue weighted by atomic mass is 32.2. The molecule has 4 rings (SSSR count). The molecule has 0 saturated carbocycles. The van der Waals surface area contributed by atoms with Crippen molar-refractivity contribution in [2.45, 2.75) is 38.6 Å². The number of hydrogen-bond donors (Lipinski definition) is 0. The number of benzene rings is 2. The van der Waals surface area contributed by atoms with Crippen molar-refractivity contribution < 1.29 is 22.7 Å². The summed E-state index contributed by atoms with van der Waals surface area (Å²) in [6.45, 7) is 7.00. The molecule has 1 fully saturated rings. The van der Waals surface area contributed by atoms with Crippen LogP contribution in [0.2, 0.25) is 0 Å². The zero-order chi connectivity index (χ0) is 25.3. The predicted molar refractivity (Wildman–Crippen MR) is 135 cm³/mol. The van der Waals surface area contributed by atoms with E-state index in [0.717, 1.165) is 22.2 Å². The molecule has 1 aliphatic rings. The van der Waals surface area contributed by atoms with Gasteiger partial charge in [0.2, 0.25) is 10.0 Å². The number of sulfonamides is 1. The van der Waals surface area contributed by atoms with Crippen LogP contribution in [0.4, 0.5) is 0 Å². The van der Waals surface area contributed by atoms with E-state index < -0.39 is 21.9 Å². The fraction of sp³-hybridized carbons (Fsp3) is 0.400. The third kappa shape index (κ3) is 5.39. The van der Waals surface area contributed by atoms with Crippen LogP contribution < -0.4 is 4.80 Å². The predicted octanol–water partition coefficient (Wildman–Crippen LogP) is 3.59. The molecular formula is C25H29N3O5S2. The summed E-state index contributed by atoms with van der Waals surface area (Å²) in [4.78, 5) is 29.7. The highest BCUT2D eigenvalue weighted by Crippen LogP contribution is 2.27. The Balaban J connectivity index is 1.65. The molecule has 0 unspecified atom stereocenters. The number of amides is 1. The third-order valence-corrected chi connectivity index (χ3v) is 9.01. The first-order valence-electron chi connectivity index (χ1n) is 11.4. The standard InChI is InChI=1S/C25H29N3O5S2/c1-16-5-10-21-22(12-16)34-25(28(21)15-23(29)33-4)26-24(30)19-6-8-20(9-7-19)35(31,32)27-13-17(2)11-18(3)14-27/h5-10,12,17-18H,11,13-15H2,1-4H3/t17-,18-/m1/s1. The number of hydrogen-bond acceptors (Lipinski definition) is 6. The van der Waals surface area contributed by atoms with Crippen LogP contribution in [0, 0.1) is 18.8 Å². The number of esters is 1. The molecule has 1 saturated heterocycles. The maximum atomic E-state index is 13.1. The minimum absolute atomic E-state index is 0.0739. The van der Waals surface area contributed by atoms with E-state index in [1.54, 1.807) is 4.57 Å². The van der Waals surface area contributed by atoms with Gasteiger partial charge in [0.1, 0.15) is 6.54 Å². The fourth-order valence-electron chi connectivity index (χ4n) is 4.48. The molecule has 186 valence electrons. The average Bonchev–Trinajstić information content (AvgIpc) is 3.13. The largest absolute Gasteiger partial charge is 0.468 e. The SMILES string of the molecule is COC(=O)Cn1c(=NC(=O)c2ccc(S(=O)(=O)N3C[C@H](C)C[C@@H](C)C3)cc2)sc2cc(C)ccc21. The van der Waals surface area contributed by atoms with Crippen LogP contribution >= 0.6 is 11.3 Å². The topological polar surface area (TPSA) is 98.0 Å². The molecule has 2 heterocycles. The zero-order valence-electron chi connectivity index (χ0n) is 20.2. The molecular weight excluding hydrogens is 486 g/mol. The van der Waals surface area contributed by atoms with Crippen LogP contribution in [0.5, 0.6) is 0 Å². The zero-order valence-corrected chi connectivity index (χ0v) is 21.9. The van der Waals surface area contributed by atoms with Crippen LogP contribution in [-0.4, -0.2) is 49.4 Å². The number of carbonyl (C=O) groups excluding carboxylic acids is 2. The molecule has 1 aliphatic heterocycles. The van der Waals surface area contributed by atoms with E-state index in [9.17, 15) is 18.0 Å². The van der Waals surface area contributed by atoms with Crippen molar-refractivity contribution in [2.75, 3.05) is 20.2 Å². The Morgan fingerprint density at radius 3 is 2.37 bits per heavy atom. The summed E-state index contributed by atoms with van der Waals surface area (Å²) in [5.41, 5.74) is 2.10. The summed E-state index contributed by atoms with van der Waals surface area (Å²) in [6.07, 6.45) is 1.01. The molecule has 10 heteroatoms. The molecule has 3 aromatic rings. The Morgan fingerprint density at radius 2 is 1.74 bits per heavy atom. The second kappa shape index (κ2) is 10.0. The summed E-state index contributed by atoms with van der Waals surface area (Å²) in [5, 5.41) is 0. The molecule has 0 bridgehead atoms. The van der Waals surface area contributed by atoms with Gasteiger partial charge in [-0.05, 0) is 67.1 Å². The summed E-state index contributed by atoms with van der Waals surface area (Å²) < 4.78 is 35.1. The maximum absolute atomic E-state index is 13.1. The molecule has 35 heavy (non-hydrogen) atoms. The monoisotopic (exact) mass is 515 g/mol. The number of nitrogens with zero attached hydrogens (tertiary/aromatic N) is 3. The van der Waals surface area contributed by atoms with Crippen molar-refractivity contribution in [2.24, 2.45) is 16.8 Å². The molecule has 2 aromatic carbocycles. The summed E-state index contributed by atoms with van der Waals surface area (Å²) in [7, 11) is -2.33. The van der Waals surface area contributed by atoms with Crippen LogP contribution in [0.25, 0.3) is 10.2 Å².